The second-order valence-corrected chi connectivity index (χ2v) is 4.58. The van der Waals surface area contributed by atoms with Crippen molar-refractivity contribution in [2.24, 2.45) is 0 Å². The molecule has 0 amide bonds. The van der Waals surface area contributed by atoms with Crippen LogP contribution in [0.2, 0.25) is 5.02 Å². The lowest BCUT2D eigenvalue weighted by Crippen LogP contribution is -1.94. The van der Waals surface area contributed by atoms with Gasteiger partial charge in [0, 0.05) is 10.4 Å². The van der Waals surface area contributed by atoms with Crippen LogP contribution in [0.25, 0.3) is 6.08 Å². The van der Waals surface area contributed by atoms with Gasteiger partial charge in [0.1, 0.15) is 0 Å². The van der Waals surface area contributed by atoms with Gasteiger partial charge in [-0.2, -0.15) is 0 Å². The molecular weight excluding hydrogens is 240 g/mol. The third kappa shape index (κ3) is 2.60. The Kier molecular flexibility index (Phi) is 3.54. The first-order valence-corrected chi connectivity index (χ1v) is 6.03. The molecule has 16 heavy (non-hydrogen) atoms. The summed E-state index contributed by atoms with van der Waals surface area (Å²) in [7, 11) is 0. The highest BCUT2D eigenvalue weighted by Crippen LogP contribution is 2.17. The third-order valence-corrected chi connectivity index (χ3v) is 3.25. The largest absolute Gasteiger partial charge is 0.289 e. The van der Waals surface area contributed by atoms with E-state index in [4.69, 9.17) is 11.6 Å². The Morgan fingerprint density at radius 2 is 2.00 bits per heavy atom. The van der Waals surface area contributed by atoms with Crippen molar-refractivity contribution in [3.05, 3.63) is 63.3 Å². The normalized spacial score (nSPS) is 10.8. The summed E-state index contributed by atoms with van der Waals surface area (Å²) in [5, 5.41) is 2.46. The molecule has 0 fully saturated rings. The summed E-state index contributed by atoms with van der Waals surface area (Å²) in [6.45, 7) is 0. The number of carbonyl (C=O) groups is 1. The highest BCUT2D eigenvalue weighted by Gasteiger charge is 2.05. The number of allylic oxidation sites excluding steroid dienone is 1. The maximum absolute atomic E-state index is 11.8. The molecule has 0 aliphatic carbocycles. The smallest absolute Gasteiger partial charge is 0.187 e. The lowest BCUT2D eigenvalue weighted by atomic mass is 10.1. The van der Waals surface area contributed by atoms with Crippen LogP contribution < -0.4 is 0 Å². The van der Waals surface area contributed by atoms with Crippen LogP contribution >= 0.6 is 22.9 Å². The number of benzene rings is 1. The van der Waals surface area contributed by atoms with Gasteiger partial charge in [0.05, 0.1) is 5.02 Å². The van der Waals surface area contributed by atoms with Crippen molar-refractivity contribution < 1.29 is 4.79 Å². The Morgan fingerprint density at radius 1 is 1.19 bits per heavy atom. The molecule has 0 atom stereocenters. The van der Waals surface area contributed by atoms with E-state index in [-0.39, 0.29) is 5.78 Å². The van der Waals surface area contributed by atoms with Crippen molar-refractivity contribution in [1.29, 1.82) is 0 Å². The van der Waals surface area contributed by atoms with Crippen LogP contribution in [-0.4, -0.2) is 5.78 Å². The molecule has 0 bridgehead atoms. The fourth-order valence-corrected chi connectivity index (χ4v) is 2.14. The Hall–Kier alpha value is -1.38. The molecule has 0 saturated heterocycles. The molecule has 2 rings (SSSR count). The van der Waals surface area contributed by atoms with Crippen molar-refractivity contribution in [2.45, 2.75) is 0 Å². The van der Waals surface area contributed by atoms with E-state index < -0.39 is 0 Å². The molecule has 1 nitrogen and oxygen atoms in total. The van der Waals surface area contributed by atoms with Crippen molar-refractivity contribution in [1.82, 2.24) is 0 Å². The van der Waals surface area contributed by atoms with Crippen LogP contribution in [0.5, 0.6) is 0 Å². The van der Waals surface area contributed by atoms with Crippen molar-refractivity contribution in [3.8, 4) is 0 Å². The minimum absolute atomic E-state index is 0.0704. The van der Waals surface area contributed by atoms with Gasteiger partial charge in [0.25, 0.3) is 0 Å². The molecule has 1 heterocycles. The third-order valence-electron chi connectivity index (χ3n) is 2.08. The Bertz CT molecular complexity index is 514. The molecule has 2 aromatic rings. The van der Waals surface area contributed by atoms with Gasteiger partial charge in [-0.15, -0.1) is 11.3 Å². The average Bonchev–Trinajstić information content (AvgIpc) is 2.79. The van der Waals surface area contributed by atoms with Gasteiger partial charge in [-0.05, 0) is 35.7 Å². The van der Waals surface area contributed by atoms with E-state index in [1.165, 1.54) is 0 Å². The molecule has 0 spiro atoms. The molecule has 0 aliphatic heterocycles. The topological polar surface area (TPSA) is 17.1 Å². The Labute approximate surface area is 103 Å². The minimum Gasteiger partial charge on any atom is -0.289 e. The summed E-state index contributed by atoms with van der Waals surface area (Å²) in [5.41, 5.74) is 0.539. The molecule has 1 aromatic carbocycles. The van der Waals surface area contributed by atoms with E-state index in [0.29, 0.717) is 10.6 Å². The van der Waals surface area contributed by atoms with Crippen LogP contribution in [0, 0.1) is 0 Å². The number of halogens is 1. The first kappa shape index (κ1) is 11.1. The Balaban J connectivity index is 2.18. The summed E-state index contributed by atoms with van der Waals surface area (Å²) < 4.78 is 0. The van der Waals surface area contributed by atoms with Crippen LogP contribution in [0.4, 0.5) is 0 Å². The molecule has 3 heteroatoms. The number of hydrogen-bond donors (Lipinski definition) is 0. The number of ketones is 1. The fraction of sp³-hybridized carbons (Fsp3) is 0. The maximum Gasteiger partial charge on any atom is 0.187 e. The lowest BCUT2D eigenvalue weighted by Gasteiger charge is -1.97. The predicted octanol–water partition coefficient (Wildman–Crippen LogP) is 4.30. The van der Waals surface area contributed by atoms with E-state index in [1.807, 2.05) is 23.6 Å². The number of hydrogen-bond acceptors (Lipinski definition) is 2. The van der Waals surface area contributed by atoms with E-state index in [0.717, 1.165) is 4.88 Å². The van der Waals surface area contributed by atoms with Gasteiger partial charge in [0.2, 0.25) is 0 Å². The molecule has 0 N–H and O–H groups in total. The summed E-state index contributed by atoms with van der Waals surface area (Å²) in [4.78, 5) is 12.9. The van der Waals surface area contributed by atoms with E-state index in [9.17, 15) is 4.79 Å². The first-order valence-electron chi connectivity index (χ1n) is 4.78. The quantitative estimate of drug-likeness (QED) is 0.585. The van der Waals surface area contributed by atoms with Gasteiger partial charge in [0.15, 0.2) is 5.78 Å². The monoisotopic (exact) mass is 248 g/mol. The van der Waals surface area contributed by atoms with Crippen LogP contribution in [0.15, 0.2) is 47.9 Å². The van der Waals surface area contributed by atoms with Crippen LogP contribution in [0.1, 0.15) is 15.2 Å². The maximum atomic E-state index is 11.8. The van der Waals surface area contributed by atoms with E-state index in [2.05, 4.69) is 0 Å². The Morgan fingerprint density at radius 3 is 2.69 bits per heavy atom. The van der Waals surface area contributed by atoms with E-state index in [1.54, 1.807) is 41.7 Å². The van der Waals surface area contributed by atoms with E-state index >= 15 is 0 Å². The lowest BCUT2D eigenvalue weighted by molar-refractivity contribution is 0.104. The van der Waals surface area contributed by atoms with Gasteiger partial charge < -0.3 is 0 Å². The molecular formula is C13H9ClOS. The number of rotatable bonds is 3. The molecule has 0 radical (unpaired) electrons. The standard InChI is InChI=1S/C13H9ClOS/c14-12-6-2-1-5-11(12)13(15)8-7-10-4-3-9-16-10/h1-9H/b8-7+. The zero-order chi connectivity index (χ0) is 11.4. The SMILES string of the molecule is O=C(/C=C/c1cccs1)c1ccccc1Cl. The fourth-order valence-electron chi connectivity index (χ4n) is 1.29. The van der Waals surface area contributed by atoms with Gasteiger partial charge >= 0.3 is 0 Å². The minimum atomic E-state index is -0.0704. The highest BCUT2D eigenvalue weighted by atomic mass is 35.5. The molecule has 1 aromatic heterocycles. The zero-order valence-corrected chi connectivity index (χ0v) is 9.96. The zero-order valence-electron chi connectivity index (χ0n) is 8.39. The molecule has 0 aliphatic rings. The summed E-state index contributed by atoms with van der Waals surface area (Å²) in [5.74, 6) is -0.0704. The van der Waals surface area contributed by atoms with Crippen molar-refractivity contribution in [2.75, 3.05) is 0 Å². The summed E-state index contributed by atoms with van der Waals surface area (Å²) in [6.07, 6.45) is 3.35. The van der Waals surface area contributed by atoms with Gasteiger partial charge in [-0.3, -0.25) is 4.79 Å². The first-order chi connectivity index (χ1) is 7.77. The van der Waals surface area contributed by atoms with Crippen molar-refractivity contribution >= 4 is 34.8 Å². The molecule has 80 valence electrons. The van der Waals surface area contributed by atoms with Crippen LogP contribution in [0.3, 0.4) is 0 Å². The number of thiophene rings is 1. The number of carbonyl (C=O) groups excluding carboxylic acids is 1. The second kappa shape index (κ2) is 5.10. The average molecular weight is 249 g/mol. The molecule has 0 saturated carbocycles. The highest BCUT2D eigenvalue weighted by molar-refractivity contribution is 7.10. The predicted molar refractivity (Wildman–Crippen MR) is 69.1 cm³/mol. The summed E-state index contributed by atoms with van der Waals surface area (Å²) >= 11 is 7.52. The second-order valence-electron chi connectivity index (χ2n) is 3.19. The summed E-state index contributed by atoms with van der Waals surface area (Å²) in [6, 6.07) is 11.0. The van der Waals surface area contributed by atoms with Crippen LogP contribution in [-0.2, 0) is 0 Å². The molecule has 0 unspecified atom stereocenters. The van der Waals surface area contributed by atoms with Crippen molar-refractivity contribution in [3.63, 3.8) is 0 Å². The van der Waals surface area contributed by atoms with Gasteiger partial charge in [-0.25, -0.2) is 0 Å². The van der Waals surface area contributed by atoms with Gasteiger partial charge in [-0.1, -0.05) is 29.8 Å².